The maximum absolute atomic E-state index is 5.67. The third-order valence-corrected chi connectivity index (χ3v) is 5.10. The molecule has 0 saturated carbocycles. The van der Waals surface area contributed by atoms with Crippen molar-refractivity contribution in [2.45, 2.75) is 13.5 Å². The molecule has 0 radical (unpaired) electrons. The Hall–Kier alpha value is -0.370. The predicted molar refractivity (Wildman–Crippen MR) is 56.7 cm³/mol. The highest BCUT2D eigenvalue weighted by atomic mass is 32.5. The molecule has 1 aromatic rings. The van der Waals surface area contributed by atoms with E-state index >= 15 is 0 Å². The summed E-state index contributed by atoms with van der Waals surface area (Å²) >= 11 is 5.30. The van der Waals surface area contributed by atoms with E-state index in [-0.39, 0.29) is 0 Å². The Balaban J connectivity index is 2.35. The van der Waals surface area contributed by atoms with Crippen LogP contribution < -0.4 is 4.52 Å². The van der Waals surface area contributed by atoms with E-state index in [4.69, 9.17) is 20.9 Å². The summed E-state index contributed by atoms with van der Waals surface area (Å²) in [4.78, 5) is 0. The van der Waals surface area contributed by atoms with Crippen LogP contribution in [0.15, 0.2) is 24.3 Å². The van der Waals surface area contributed by atoms with Gasteiger partial charge in [-0.3, -0.25) is 0 Å². The van der Waals surface area contributed by atoms with Gasteiger partial charge < -0.3 is 9.05 Å². The molecule has 1 unspecified atom stereocenters. The molecule has 1 aliphatic rings. The second-order valence-electron chi connectivity index (χ2n) is 2.90. The third kappa shape index (κ3) is 1.78. The summed E-state index contributed by atoms with van der Waals surface area (Å²) in [6.45, 7) is 0.614. The number of hydrogen-bond donors (Lipinski definition) is 0. The van der Waals surface area contributed by atoms with Gasteiger partial charge >= 0.3 is 0 Å². The zero-order chi connectivity index (χ0) is 9.31. The first-order chi connectivity index (χ1) is 6.23. The van der Waals surface area contributed by atoms with Gasteiger partial charge in [0.1, 0.15) is 5.75 Å². The van der Waals surface area contributed by atoms with E-state index in [1.165, 1.54) is 0 Å². The zero-order valence-electron chi connectivity index (χ0n) is 7.40. The maximum Gasteiger partial charge on any atom is 0.238 e. The number of hydrogen-bond acceptors (Lipinski definition) is 3. The molecule has 4 heteroatoms. The van der Waals surface area contributed by atoms with Gasteiger partial charge in [-0.2, -0.15) is 0 Å². The third-order valence-electron chi connectivity index (χ3n) is 2.01. The fourth-order valence-corrected chi connectivity index (χ4v) is 2.79. The second-order valence-corrected chi connectivity index (χ2v) is 6.86. The molecule has 1 atom stereocenters. The molecule has 0 aliphatic carbocycles. The summed E-state index contributed by atoms with van der Waals surface area (Å²) < 4.78 is 11.2. The van der Waals surface area contributed by atoms with Gasteiger partial charge in [0.05, 0.1) is 6.61 Å². The summed E-state index contributed by atoms with van der Waals surface area (Å²) in [6, 6.07) is 7.89. The van der Waals surface area contributed by atoms with Crippen molar-refractivity contribution in [3.05, 3.63) is 29.8 Å². The molecule has 0 amide bonds. The molecule has 0 bridgehead atoms. The lowest BCUT2D eigenvalue weighted by Gasteiger charge is -2.27. The summed E-state index contributed by atoms with van der Waals surface area (Å²) in [6.07, 6.45) is 0.788. The van der Waals surface area contributed by atoms with E-state index in [0.29, 0.717) is 6.61 Å². The molecule has 0 N–H and O–H groups in total. The average molecular weight is 214 g/mol. The molecule has 70 valence electrons. The van der Waals surface area contributed by atoms with Gasteiger partial charge in [0.2, 0.25) is 6.49 Å². The smallest absolute Gasteiger partial charge is 0.238 e. The molecular weight excluding hydrogens is 203 g/mol. The van der Waals surface area contributed by atoms with Crippen LogP contribution in [0.5, 0.6) is 5.75 Å². The van der Waals surface area contributed by atoms with E-state index in [9.17, 15) is 0 Å². The summed E-state index contributed by atoms with van der Waals surface area (Å²) in [5, 5.41) is 0. The van der Waals surface area contributed by atoms with Crippen LogP contribution in [-0.4, -0.2) is 6.16 Å². The quantitative estimate of drug-likeness (QED) is 0.670. The predicted octanol–water partition coefficient (Wildman–Crippen LogP) is 2.93. The van der Waals surface area contributed by atoms with Crippen LogP contribution in [0.25, 0.3) is 0 Å². The van der Waals surface area contributed by atoms with Crippen molar-refractivity contribution < 1.29 is 9.05 Å². The Labute approximate surface area is 83.0 Å². The van der Waals surface area contributed by atoms with Crippen molar-refractivity contribution in [2.75, 3.05) is 6.16 Å². The van der Waals surface area contributed by atoms with Gasteiger partial charge in [-0.05, 0) is 17.9 Å². The molecule has 2 rings (SSSR count). The minimum atomic E-state index is -1.99. The molecule has 0 fully saturated rings. The highest BCUT2D eigenvalue weighted by molar-refractivity contribution is 8.10. The number of para-hydroxylation sites is 1. The van der Waals surface area contributed by atoms with Crippen molar-refractivity contribution in [1.29, 1.82) is 0 Å². The lowest BCUT2D eigenvalue weighted by Crippen LogP contribution is -2.08. The van der Waals surface area contributed by atoms with E-state index in [1.54, 1.807) is 0 Å². The number of benzene rings is 1. The standard InChI is InChI=1S/C9H11O2PS/c1-2-12(13)10-7-8-5-3-4-6-9(8)11-12/h3-6H,2,7H2,1H3. The van der Waals surface area contributed by atoms with Crippen LogP contribution in [0.3, 0.4) is 0 Å². The summed E-state index contributed by atoms with van der Waals surface area (Å²) in [5.41, 5.74) is 1.09. The van der Waals surface area contributed by atoms with Crippen LogP contribution in [0, 0.1) is 0 Å². The fourth-order valence-electron chi connectivity index (χ4n) is 1.21. The van der Waals surface area contributed by atoms with Gasteiger partial charge in [-0.25, -0.2) is 0 Å². The van der Waals surface area contributed by atoms with E-state index in [1.807, 2.05) is 31.2 Å². The zero-order valence-corrected chi connectivity index (χ0v) is 9.11. The highest BCUT2D eigenvalue weighted by Gasteiger charge is 2.24. The highest BCUT2D eigenvalue weighted by Crippen LogP contribution is 2.53. The van der Waals surface area contributed by atoms with Gasteiger partial charge in [0.25, 0.3) is 0 Å². The summed E-state index contributed by atoms with van der Waals surface area (Å²) in [7, 11) is 0. The molecule has 0 aromatic heterocycles. The van der Waals surface area contributed by atoms with Crippen LogP contribution >= 0.6 is 6.49 Å². The monoisotopic (exact) mass is 214 g/mol. The van der Waals surface area contributed by atoms with Gasteiger partial charge in [0.15, 0.2) is 0 Å². The Morgan fingerprint density at radius 1 is 1.46 bits per heavy atom. The van der Waals surface area contributed by atoms with E-state index in [0.717, 1.165) is 17.5 Å². The Morgan fingerprint density at radius 2 is 2.23 bits per heavy atom. The van der Waals surface area contributed by atoms with Crippen LogP contribution in [0.2, 0.25) is 0 Å². The molecule has 1 aliphatic heterocycles. The topological polar surface area (TPSA) is 18.5 Å². The Kier molecular flexibility index (Phi) is 2.41. The van der Waals surface area contributed by atoms with Crippen LogP contribution in [0.4, 0.5) is 0 Å². The van der Waals surface area contributed by atoms with Gasteiger partial charge in [-0.15, -0.1) is 0 Å². The van der Waals surface area contributed by atoms with Gasteiger partial charge in [-0.1, -0.05) is 25.1 Å². The van der Waals surface area contributed by atoms with Crippen LogP contribution in [0.1, 0.15) is 12.5 Å². The number of rotatable bonds is 1. The molecule has 0 saturated heterocycles. The molecule has 1 aromatic carbocycles. The first kappa shape index (κ1) is 9.20. The second kappa shape index (κ2) is 3.41. The number of fused-ring (bicyclic) bond motifs is 1. The SMILES string of the molecule is CCP1(=S)OCc2ccccc2O1. The maximum atomic E-state index is 5.67. The molecule has 0 spiro atoms. The normalized spacial score (nSPS) is 26.2. The minimum Gasteiger partial charge on any atom is -0.443 e. The van der Waals surface area contributed by atoms with Crippen molar-refractivity contribution in [3.8, 4) is 5.75 Å². The largest absolute Gasteiger partial charge is 0.443 e. The van der Waals surface area contributed by atoms with E-state index < -0.39 is 6.49 Å². The fraction of sp³-hybridized carbons (Fsp3) is 0.333. The summed E-state index contributed by atoms with van der Waals surface area (Å²) in [5.74, 6) is 0.902. The van der Waals surface area contributed by atoms with Gasteiger partial charge in [0, 0.05) is 11.7 Å². The Morgan fingerprint density at radius 3 is 3.00 bits per heavy atom. The van der Waals surface area contributed by atoms with Crippen molar-refractivity contribution in [2.24, 2.45) is 0 Å². The van der Waals surface area contributed by atoms with E-state index in [2.05, 4.69) is 0 Å². The van der Waals surface area contributed by atoms with Crippen molar-refractivity contribution in [3.63, 3.8) is 0 Å². The lowest BCUT2D eigenvalue weighted by atomic mass is 10.2. The molecule has 13 heavy (non-hydrogen) atoms. The average Bonchev–Trinajstić information content (AvgIpc) is 2.18. The van der Waals surface area contributed by atoms with Crippen molar-refractivity contribution >= 4 is 18.3 Å². The molecule has 2 nitrogen and oxygen atoms in total. The van der Waals surface area contributed by atoms with Crippen LogP contribution in [-0.2, 0) is 22.9 Å². The minimum absolute atomic E-state index is 0.599. The Bertz CT molecular complexity index is 364. The molecular formula is C9H11O2PS. The lowest BCUT2D eigenvalue weighted by molar-refractivity contribution is 0.275. The first-order valence-corrected chi connectivity index (χ1v) is 7.07. The first-order valence-electron chi connectivity index (χ1n) is 4.24. The molecule has 1 heterocycles. The van der Waals surface area contributed by atoms with Crippen molar-refractivity contribution in [1.82, 2.24) is 0 Å².